The van der Waals surface area contributed by atoms with Crippen LogP contribution in [0.15, 0.2) is 29.2 Å². The molecule has 1 aromatic carbocycles. The first-order chi connectivity index (χ1) is 7.74. The van der Waals surface area contributed by atoms with Gasteiger partial charge in [-0.1, -0.05) is 12.1 Å². The maximum atomic E-state index is 11.9. The Hall–Kier alpha value is -1.38. The second-order valence-electron chi connectivity index (χ2n) is 4.83. The molecule has 0 bridgehead atoms. The van der Waals surface area contributed by atoms with E-state index in [2.05, 4.69) is 4.72 Å². The Kier molecular flexibility index (Phi) is 3.91. The van der Waals surface area contributed by atoms with Crippen LogP contribution < -0.4 is 4.72 Å². The number of sulfonamides is 1. The van der Waals surface area contributed by atoms with Crippen LogP contribution in [0.4, 0.5) is 0 Å². The summed E-state index contributed by atoms with van der Waals surface area (Å²) >= 11 is 0. The first-order valence-corrected chi connectivity index (χ1v) is 6.73. The largest absolute Gasteiger partial charge is 0.241 e. The van der Waals surface area contributed by atoms with Crippen molar-refractivity contribution in [2.45, 2.75) is 37.6 Å². The molecular weight excluding hydrogens is 236 g/mol. The summed E-state index contributed by atoms with van der Waals surface area (Å²) in [7, 11) is -3.48. The summed E-state index contributed by atoms with van der Waals surface area (Å²) < 4.78 is 26.5. The minimum atomic E-state index is -3.48. The first-order valence-electron chi connectivity index (χ1n) is 5.24. The van der Waals surface area contributed by atoms with Crippen LogP contribution in [-0.2, 0) is 16.4 Å². The molecule has 0 aromatic heterocycles. The van der Waals surface area contributed by atoms with Gasteiger partial charge in [0.25, 0.3) is 0 Å². The van der Waals surface area contributed by atoms with Crippen molar-refractivity contribution in [2.24, 2.45) is 0 Å². The second-order valence-corrected chi connectivity index (χ2v) is 6.52. The molecule has 0 unspecified atom stereocenters. The smallest absolute Gasteiger partial charge is 0.207 e. The molecular formula is C12H16N2O2S. The fourth-order valence-corrected chi connectivity index (χ4v) is 2.76. The molecule has 0 saturated carbocycles. The van der Waals surface area contributed by atoms with Crippen LogP contribution >= 0.6 is 0 Å². The fraction of sp³-hybridized carbons (Fsp3) is 0.417. The standard InChI is InChI=1S/C12H16N2O2S/c1-12(2,3)14-17(15,16)11-6-4-10(5-7-11)8-9-13/h4-7,14H,8H2,1-3H3. The van der Waals surface area contributed by atoms with Crippen LogP contribution in [0.2, 0.25) is 0 Å². The predicted molar refractivity (Wildman–Crippen MR) is 65.8 cm³/mol. The number of hydrogen-bond donors (Lipinski definition) is 1. The Bertz CT molecular complexity index is 519. The molecule has 0 aliphatic rings. The van der Waals surface area contributed by atoms with Gasteiger partial charge in [0.2, 0.25) is 10.0 Å². The number of nitrogens with one attached hydrogen (secondary N) is 1. The van der Waals surface area contributed by atoms with Crippen LogP contribution in [0, 0.1) is 11.3 Å². The monoisotopic (exact) mass is 252 g/mol. The predicted octanol–water partition coefficient (Wildman–Crippen LogP) is 1.83. The number of hydrogen-bond acceptors (Lipinski definition) is 3. The Balaban J connectivity index is 2.98. The van der Waals surface area contributed by atoms with Gasteiger partial charge in [0.15, 0.2) is 0 Å². The minimum absolute atomic E-state index is 0.217. The highest BCUT2D eigenvalue weighted by Crippen LogP contribution is 2.13. The number of benzene rings is 1. The summed E-state index contributed by atoms with van der Waals surface area (Å²) in [6, 6.07) is 8.35. The molecule has 0 spiro atoms. The quantitative estimate of drug-likeness (QED) is 0.892. The van der Waals surface area contributed by atoms with E-state index in [0.717, 1.165) is 5.56 Å². The van der Waals surface area contributed by atoms with Crippen molar-refractivity contribution in [1.82, 2.24) is 4.72 Å². The van der Waals surface area contributed by atoms with E-state index in [0.29, 0.717) is 0 Å². The molecule has 1 rings (SSSR count). The average molecular weight is 252 g/mol. The molecule has 4 nitrogen and oxygen atoms in total. The third kappa shape index (κ3) is 4.17. The Labute approximate surface area is 102 Å². The molecule has 0 aliphatic heterocycles. The Morgan fingerprint density at radius 2 is 1.76 bits per heavy atom. The second kappa shape index (κ2) is 4.86. The van der Waals surface area contributed by atoms with Crippen LogP contribution in [0.5, 0.6) is 0 Å². The van der Waals surface area contributed by atoms with E-state index >= 15 is 0 Å². The van der Waals surface area contributed by atoms with Crippen molar-refractivity contribution in [3.05, 3.63) is 29.8 Å². The number of nitrogens with zero attached hydrogens (tertiary/aromatic N) is 1. The van der Waals surface area contributed by atoms with Crippen molar-refractivity contribution in [2.75, 3.05) is 0 Å². The third-order valence-corrected chi connectivity index (χ3v) is 3.73. The van der Waals surface area contributed by atoms with E-state index in [1.165, 1.54) is 12.1 Å². The van der Waals surface area contributed by atoms with Crippen molar-refractivity contribution in [3.8, 4) is 6.07 Å². The van der Waals surface area contributed by atoms with Gasteiger partial charge in [-0.2, -0.15) is 5.26 Å². The van der Waals surface area contributed by atoms with Gasteiger partial charge in [0.05, 0.1) is 17.4 Å². The molecule has 0 fully saturated rings. The van der Waals surface area contributed by atoms with E-state index in [1.807, 2.05) is 6.07 Å². The minimum Gasteiger partial charge on any atom is -0.207 e. The van der Waals surface area contributed by atoms with E-state index in [9.17, 15) is 8.42 Å². The van der Waals surface area contributed by atoms with Gasteiger partial charge in [-0.3, -0.25) is 0 Å². The van der Waals surface area contributed by atoms with Gasteiger partial charge < -0.3 is 0 Å². The normalized spacial score (nSPS) is 12.1. The highest BCUT2D eigenvalue weighted by Gasteiger charge is 2.21. The number of nitriles is 1. The van der Waals surface area contributed by atoms with Crippen molar-refractivity contribution in [3.63, 3.8) is 0 Å². The molecule has 0 aliphatic carbocycles. The molecule has 17 heavy (non-hydrogen) atoms. The zero-order valence-electron chi connectivity index (χ0n) is 10.2. The lowest BCUT2D eigenvalue weighted by atomic mass is 10.1. The van der Waals surface area contributed by atoms with Gasteiger partial charge in [-0.15, -0.1) is 0 Å². The summed E-state index contributed by atoms with van der Waals surface area (Å²) in [5, 5.41) is 8.52. The fourth-order valence-electron chi connectivity index (χ4n) is 1.34. The molecule has 0 heterocycles. The van der Waals surface area contributed by atoms with Crippen LogP contribution in [0.1, 0.15) is 26.3 Å². The Morgan fingerprint density at radius 3 is 2.18 bits per heavy atom. The molecule has 1 N–H and O–H groups in total. The van der Waals surface area contributed by atoms with Crippen LogP contribution in [0.25, 0.3) is 0 Å². The highest BCUT2D eigenvalue weighted by molar-refractivity contribution is 7.89. The van der Waals surface area contributed by atoms with Gasteiger partial charge in [0, 0.05) is 5.54 Å². The Morgan fingerprint density at radius 1 is 1.24 bits per heavy atom. The van der Waals surface area contributed by atoms with Crippen LogP contribution in [-0.4, -0.2) is 14.0 Å². The molecule has 92 valence electrons. The lowest BCUT2D eigenvalue weighted by Gasteiger charge is -2.20. The molecule has 0 atom stereocenters. The lowest BCUT2D eigenvalue weighted by molar-refractivity contribution is 0.491. The highest BCUT2D eigenvalue weighted by atomic mass is 32.2. The summed E-state index contributed by atoms with van der Waals surface area (Å²) in [5.74, 6) is 0. The van der Waals surface area contributed by atoms with Gasteiger partial charge >= 0.3 is 0 Å². The van der Waals surface area contributed by atoms with Gasteiger partial charge in [-0.25, -0.2) is 13.1 Å². The van der Waals surface area contributed by atoms with Crippen molar-refractivity contribution >= 4 is 10.0 Å². The van der Waals surface area contributed by atoms with E-state index < -0.39 is 15.6 Å². The molecule has 0 saturated heterocycles. The lowest BCUT2D eigenvalue weighted by Crippen LogP contribution is -2.40. The number of rotatable bonds is 3. The van der Waals surface area contributed by atoms with Crippen molar-refractivity contribution in [1.29, 1.82) is 5.26 Å². The van der Waals surface area contributed by atoms with E-state index in [-0.39, 0.29) is 11.3 Å². The maximum Gasteiger partial charge on any atom is 0.241 e. The molecule has 1 aromatic rings. The SMILES string of the molecule is CC(C)(C)NS(=O)(=O)c1ccc(CC#N)cc1. The third-order valence-electron chi connectivity index (χ3n) is 1.96. The van der Waals surface area contributed by atoms with E-state index in [1.54, 1.807) is 32.9 Å². The summed E-state index contributed by atoms with van der Waals surface area (Å²) in [6.45, 7) is 5.36. The van der Waals surface area contributed by atoms with Crippen molar-refractivity contribution < 1.29 is 8.42 Å². The van der Waals surface area contributed by atoms with Gasteiger partial charge in [0.1, 0.15) is 0 Å². The summed E-state index contributed by atoms with van der Waals surface area (Å²) in [5.41, 5.74) is 0.298. The maximum absolute atomic E-state index is 11.9. The first kappa shape index (κ1) is 13.7. The molecule has 0 radical (unpaired) electrons. The summed E-state index contributed by atoms with van der Waals surface area (Å²) in [4.78, 5) is 0.217. The zero-order valence-corrected chi connectivity index (χ0v) is 11.0. The van der Waals surface area contributed by atoms with E-state index in [4.69, 9.17) is 5.26 Å². The van der Waals surface area contributed by atoms with Crippen LogP contribution in [0.3, 0.4) is 0 Å². The molecule has 0 amide bonds. The average Bonchev–Trinajstić information content (AvgIpc) is 2.15. The summed E-state index contributed by atoms with van der Waals surface area (Å²) in [6.07, 6.45) is 0.285. The van der Waals surface area contributed by atoms with Gasteiger partial charge in [-0.05, 0) is 38.5 Å². The molecule has 5 heteroatoms. The zero-order chi connectivity index (χ0) is 13.1. The topological polar surface area (TPSA) is 70.0 Å².